The van der Waals surface area contributed by atoms with Crippen LogP contribution in [0.2, 0.25) is 0 Å². The van der Waals surface area contributed by atoms with E-state index >= 15 is 0 Å². The van der Waals surface area contributed by atoms with E-state index in [-0.39, 0.29) is 5.97 Å². The lowest BCUT2D eigenvalue weighted by Crippen LogP contribution is -2.06. The Morgan fingerprint density at radius 1 is 1.41 bits per heavy atom. The monoisotopic (exact) mass is 236 g/mol. The predicted molar refractivity (Wildman–Crippen MR) is 64.5 cm³/mol. The summed E-state index contributed by atoms with van der Waals surface area (Å²) in [6.45, 7) is 5.65. The van der Waals surface area contributed by atoms with Crippen LogP contribution in [-0.2, 0) is 9.53 Å². The number of hydrogen-bond acceptors (Lipinski definition) is 3. The summed E-state index contributed by atoms with van der Waals surface area (Å²) in [6, 6.07) is 0. The zero-order chi connectivity index (χ0) is 13.0. The zero-order valence-electron chi connectivity index (χ0n) is 10.2. The fourth-order valence-electron chi connectivity index (χ4n) is 1.62. The van der Waals surface area contributed by atoms with Gasteiger partial charge >= 0.3 is 5.97 Å². The number of H-pyrrole nitrogens is 1. The van der Waals surface area contributed by atoms with Gasteiger partial charge < -0.3 is 15.5 Å². The third kappa shape index (κ3) is 2.96. The number of ether oxygens (including phenoxy) is 1. The molecule has 0 spiro atoms. The maximum atomic E-state index is 11.7. The van der Waals surface area contributed by atoms with Crippen LogP contribution >= 0.6 is 0 Å². The molecule has 0 fully saturated rings. The van der Waals surface area contributed by atoms with Gasteiger partial charge in [-0.25, -0.2) is 4.79 Å². The van der Waals surface area contributed by atoms with Gasteiger partial charge in [-0.2, -0.15) is 0 Å². The Hall–Kier alpha value is -2.04. The molecule has 0 saturated carbocycles. The minimum atomic E-state index is -0.533. The number of aromatic amines is 1. The fraction of sp³-hybridized carbons (Fsp3) is 0.333. The van der Waals surface area contributed by atoms with Gasteiger partial charge in [0, 0.05) is 17.5 Å². The van der Waals surface area contributed by atoms with E-state index in [1.807, 2.05) is 0 Å². The molecule has 0 bridgehead atoms. The minimum Gasteiger partial charge on any atom is -0.462 e. The van der Waals surface area contributed by atoms with Crippen molar-refractivity contribution in [2.75, 3.05) is 6.61 Å². The van der Waals surface area contributed by atoms with Crippen LogP contribution in [0.4, 0.5) is 0 Å². The first-order chi connectivity index (χ1) is 7.97. The Morgan fingerprint density at radius 3 is 2.59 bits per heavy atom. The fourth-order valence-corrected chi connectivity index (χ4v) is 1.62. The zero-order valence-corrected chi connectivity index (χ0v) is 10.2. The molecule has 1 rings (SSSR count). The van der Waals surface area contributed by atoms with Crippen molar-refractivity contribution < 1.29 is 14.3 Å². The average Bonchev–Trinajstić information content (AvgIpc) is 2.51. The summed E-state index contributed by atoms with van der Waals surface area (Å²) in [5.41, 5.74) is 7.67. The third-order valence-corrected chi connectivity index (χ3v) is 2.37. The molecule has 1 amide bonds. The van der Waals surface area contributed by atoms with Gasteiger partial charge in [-0.05, 0) is 32.4 Å². The third-order valence-electron chi connectivity index (χ3n) is 2.37. The van der Waals surface area contributed by atoms with Crippen LogP contribution in [0.3, 0.4) is 0 Å². The number of rotatable bonds is 4. The Balaban J connectivity index is 3.10. The lowest BCUT2D eigenvalue weighted by atomic mass is 10.1. The van der Waals surface area contributed by atoms with Crippen molar-refractivity contribution >= 4 is 18.0 Å². The summed E-state index contributed by atoms with van der Waals surface area (Å²) < 4.78 is 4.95. The van der Waals surface area contributed by atoms with Crippen molar-refractivity contribution in [3.05, 3.63) is 28.6 Å². The van der Waals surface area contributed by atoms with Gasteiger partial charge in [0.25, 0.3) is 0 Å². The predicted octanol–water partition coefficient (Wildman–Crippen LogP) is 1.31. The topological polar surface area (TPSA) is 85.2 Å². The molecule has 0 aliphatic rings. The maximum absolute atomic E-state index is 11.7. The summed E-state index contributed by atoms with van der Waals surface area (Å²) in [6.07, 6.45) is 2.79. The van der Waals surface area contributed by atoms with Crippen LogP contribution in [0.5, 0.6) is 0 Å². The first kappa shape index (κ1) is 13.0. The van der Waals surface area contributed by atoms with Crippen LogP contribution < -0.4 is 5.73 Å². The molecule has 5 nitrogen and oxygen atoms in total. The number of carbonyl (C=O) groups excluding carboxylic acids is 2. The van der Waals surface area contributed by atoms with Crippen molar-refractivity contribution in [2.45, 2.75) is 20.8 Å². The molecule has 1 aromatic heterocycles. The summed E-state index contributed by atoms with van der Waals surface area (Å²) in [5, 5.41) is 0. The Kier molecular flexibility index (Phi) is 4.09. The molecule has 1 aromatic rings. The van der Waals surface area contributed by atoms with Crippen LogP contribution in [0.25, 0.3) is 6.08 Å². The standard InChI is InChI=1S/C12H16N2O3/c1-4-17-12(16)11-7(2)9(14-8(11)3)5-6-10(13)15/h5-6,14H,4H2,1-3H3,(H2,13,15). The van der Waals surface area contributed by atoms with E-state index in [1.54, 1.807) is 26.8 Å². The molecule has 92 valence electrons. The van der Waals surface area contributed by atoms with E-state index in [9.17, 15) is 9.59 Å². The number of esters is 1. The number of hydrogen-bond donors (Lipinski definition) is 2. The molecule has 0 atom stereocenters. The molecule has 3 N–H and O–H groups in total. The van der Waals surface area contributed by atoms with Crippen LogP contribution in [0.15, 0.2) is 6.08 Å². The molecule has 0 unspecified atom stereocenters. The lowest BCUT2D eigenvalue weighted by Gasteiger charge is -2.01. The molecule has 0 radical (unpaired) electrons. The molecule has 5 heteroatoms. The van der Waals surface area contributed by atoms with Gasteiger partial charge in [0.1, 0.15) is 0 Å². The number of primary amides is 1. The Morgan fingerprint density at radius 2 is 2.06 bits per heavy atom. The number of aryl methyl sites for hydroxylation is 1. The van der Waals surface area contributed by atoms with E-state index in [4.69, 9.17) is 10.5 Å². The highest BCUT2D eigenvalue weighted by Gasteiger charge is 2.17. The second-order valence-electron chi connectivity index (χ2n) is 3.62. The van der Waals surface area contributed by atoms with E-state index in [1.165, 1.54) is 6.08 Å². The lowest BCUT2D eigenvalue weighted by molar-refractivity contribution is -0.113. The SMILES string of the molecule is CCOC(=O)c1c(C)[nH]c(C=CC(N)=O)c1C. The normalized spacial score (nSPS) is 10.8. The van der Waals surface area contributed by atoms with Crippen LogP contribution in [0, 0.1) is 13.8 Å². The highest BCUT2D eigenvalue weighted by molar-refractivity contribution is 5.95. The van der Waals surface area contributed by atoms with Crippen molar-refractivity contribution in [3.8, 4) is 0 Å². The quantitative estimate of drug-likeness (QED) is 0.610. The highest BCUT2D eigenvalue weighted by Crippen LogP contribution is 2.19. The summed E-state index contributed by atoms with van der Waals surface area (Å²) in [5.74, 6) is -0.896. The molecule has 17 heavy (non-hydrogen) atoms. The van der Waals surface area contributed by atoms with Gasteiger partial charge in [0.2, 0.25) is 5.91 Å². The van der Waals surface area contributed by atoms with E-state index in [0.717, 1.165) is 5.56 Å². The van der Waals surface area contributed by atoms with Crippen LogP contribution in [-0.4, -0.2) is 23.5 Å². The number of nitrogens with two attached hydrogens (primary N) is 1. The van der Waals surface area contributed by atoms with Gasteiger partial charge in [-0.1, -0.05) is 0 Å². The van der Waals surface area contributed by atoms with E-state index < -0.39 is 5.91 Å². The van der Waals surface area contributed by atoms with E-state index in [0.29, 0.717) is 23.6 Å². The van der Waals surface area contributed by atoms with E-state index in [2.05, 4.69) is 4.98 Å². The number of aromatic nitrogens is 1. The first-order valence-electron chi connectivity index (χ1n) is 5.31. The van der Waals surface area contributed by atoms with Crippen molar-refractivity contribution in [2.24, 2.45) is 5.73 Å². The second kappa shape index (κ2) is 5.34. The molecular weight excluding hydrogens is 220 g/mol. The van der Waals surface area contributed by atoms with Gasteiger partial charge in [-0.3, -0.25) is 4.79 Å². The highest BCUT2D eigenvalue weighted by atomic mass is 16.5. The minimum absolute atomic E-state index is 0.329. The van der Waals surface area contributed by atoms with Gasteiger partial charge in [0.15, 0.2) is 0 Å². The second-order valence-corrected chi connectivity index (χ2v) is 3.62. The van der Waals surface area contributed by atoms with Gasteiger partial charge in [-0.15, -0.1) is 0 Å². The van der Waals surface area contributed by atoms with Crippen LogP contribution in [0.1, 0.15) is 34.2 Å². The number of amides is 1. The molecule has 0 aliphatic carbocycles. The molecule has 0 saturated heterocycles. The summed E-state index contributed by atoms with van der Waals surface area (Å²) >= 11 is 0. The first-order valence-corrected chi connectivity index (χ1v) is 5.31. The molecule has 0 aliphatic heterocycles. The Bertz CT molecular complexity index is 472. The van der Waals surface area contributed by atoms with Crippen molar-refractivity contribution in [1.29, 1.82) is 0 Å². The molecular formula is C12H16N2O3. The maximum Gasteiger partial charge on any atom is 0.340 e. The largest absolute Gasteiger partial charge is 0.462 e. The van der Waals surface area contributed by atoms with Crippen molar-refractivity contribution in [1.82, 2.24) is 4.98 Å². The van der Waals surface area contributed by atoms with Gasteiger partial charge in [0.05, 0.1) is 12.2 Å². The number of nitrogens with one attached hydrogen (secondary N) is 1. The smallest absolute Gasteiger partial charge is 0.340 e. The molecule has 0 aromatic carbocycles. The number of carbonyl (C=O) groups is 2. The Labute approximate surface area is 99.6 Å². The summed E-state index contributed by atoms with van der Waals surface area (Å²) in [7, 11) is 0. The average molecular weight is 236 g/mol. The van der Waals surface area contributed by atoms with Crippen molar-refractivity contribution in [3.63, 3.8) is 0 Å². The molecule has 1 heterocycles. The summed E-state index contributed by atoms with van der Waals surface area (Å²) in [4.78, 5) is 25.3.